The molecule has 0 saturated carbocycles. The molecule has 1 aromatic heterocycles. The van der Waals surface area contributed by atoms with Crippen molar-refractivity contribution in [3.05, 3.63) is 41.1 Å². The van der Waals surface area contributed by atoms with Crippen LogP contribution in [0.3, 0.4) is 0 Å². The van der Waals surface area contributed by atoms with Crippen LogP contribution in [0.5, 0.6) is 5.75 Å². The van der Waals surface area contributed by atoms with Crippen molar-refractivity contribution in [2.45, 2.75) is 65.0 Å². The fourth-order valence-corrected chi connectivity index (χ4v) is 4.25. The fraction of sp³-hybridized carbons (Fsp3) is 0.560. The maximum atomic E-state index is 13.1. The summed E-state index contributed by atoms with van der Waals surface area (Å²) in [5.74, 6) is -1.69. The summed E-state index contributed by atoms with van der Waals surface area (Å²) in [4.78, 5) is 25.3. The van der Waals surface area contributed by atoms with Gasteiger partial charge in [-0.3, -0.25) is 9.59 Å². The molecule has 1 aliphatic heterocycles. The Kier molecular flexibility index (Phi) is 9.15. The number of ether oxygens (including phenoxy) is 1. The second-order valence-electron chi connectivity index (χ2n) is 9.48. The number of hydrogen-bond donors (Lipinski definition) is 2. The smallest absolute Gasteiger partial charge is 0.278 e. The minimum absolute atomic E-state index is 0.122. The zero-order valence-electron chi connectivity index (χ0n) is 20.7. The summed E-state index contributed by atoms with van der Waals surface area (Å²) < 4.78 is 33.1. The van der Waals surface area contributed by atoms with Crippen molar-refractivity contribution in [3.63, 3.8) is 0 Å². The lowest BCUT2D eigenvalue weighted by Gasteiger charge is -2.23. The van der Waals surface area contributed by atoms with Crippen molar-refractivity contribution < 1.29 is 23.1 Å². The molecule has 0 fully saturated rings. The first-order valence-corrected chi connectivity index (χ1v) is 13.2. The third-order valence-corrected chi connectivity index (χ3v) is 6.20. The Hall–Kier alpha value is -2.62. The molecule has 1 aliphatic rings. The van der Waals surface area contributed by atoms with Gasteiger partial charge in [0, 0.05) is 25.9 Å². The van der Waals surface area contributed by atoms with Crippen LogP contribution in [0.25, 0.3) is 0 Å². The number of amides is 2. The maximum absolute atomic E-state index is 13.1. The zero-order chi connectivity index (χ0) is 25.6. The standard InChI is InChI=1S/C25H34F2N4O3S/c1-16(2)10-11-31-23(29-21(32)14-35-4)22-20(30-31)13-18(28-24(22)33)9-8-17-6-5-7-19(12-17)34-15-25(3,26)27/h5-7,12,16,18H,8-11,13-15H2,1-4H3,(H,28,33)(H,29,32). The maximum Gasteiger partial charge on any atom is 0.278 e. The number of fused-ring (bicyclic) bond motifs is 1. The Morgan fingerprint density at radius 3 is 2.86 bits per heavy atom. The first kappa shape index (κ1) is 27.0. The van der Waals surface area contributed by atoms with Gasteiger partial charge < -0.3 is 15.4 Å². The first-order chi connectivity index (χ1) is 16.6. The molecule has 10 heteroatoms. The van der Waals surface area contributed by atoms with Crippen LogP contribution in [-0.4, -0.2) is 52.2 Å². The largest absolute Gasteiger partial charge is 0.487 e. The Balaban J connectivity index is 1.70. The number of halogens is 2. The number of thioether (sulfide) groups is 1. The van der Waals surface area contributed by atoms with Crippen LogP contribution in [0.1, 0.15) is 55.2 Å². The molecule has 35 heavy (non-hydrogen) atoms. The number of hydrogen-bond acceptors (Lipinski definition) is 5. The van der Waals surface area contributed by atoms with Gasteiger partial charge in [0.2, 0.25) is 5.91 Å². The molecule has 1 unspecified atom stereocenters. The fourth-order valence-electron chi connectivity index (χ4n) is 3.92. The lowest BCUT2D eigenvalue weighted by molar-refractivity contribution is -0.113. The Labute approximate surface area is 209 Å². The van der Waals surface area contributed by atoms with Gasteiger partial charge in [-0.25, -0.2) is 13.5 Å². The van der Waals surface area contributed by atoms with Gasteiger partial charge in [0.1, 0.15) is 17.1 Å². The van der Waals surface area contributed by atoms with E-state index in [4.69, 9.17) is 9.84 Å². The summed E-state index contributed by atoms with van der Waals surface area (Å²) in [6.45, 7) is 4.99. The number of nitrogens with zero attached hydrogens (tertiary/aromatic N) is 2. The molecule has 0 aliphatic carbocycles. The summed E-state index contributed by atoms with van der Waals surface area (Å²) in [6, 6.07) is 6.97. The molecule has 2 aromatic rings. The third-order valence-electron chi connectivity index (χ3n) is 5.65. The highest BCUT2D eigenvalue weighted by Gasteiger charge is 2.32. The van der Waals surface area contributed by atoms with E-state index >= 15 is 0 Å². The van der Waals surface area contributed by atoms with Crippen LogP contribution < -0.4 is 15.4 Å². The molecule has 7 nitrogen and oxygen atoms in total. The van der Waals surface area contributed by atoms with Crippen LogP contribution >= 0.6 is 11.8 Å². The van der Waals surface area contributed by atoms with Gasteiger partial charge >= 0.3 is 0 Å². The summed E-state index contributed by atoms with van der Waals surface area (Å²) >= 11 is 1.42. The van der Waals surface area contributed by atoms with E-state index in [-0.39, 0.29) is 17.9 Å². The van der Waals surface area contributed by atoms with E-state index in [9.17, 15) is 18.4 Å². The molecule has 1 atom stereocenters. The molecular weight excluding hydrogens is 474 g/mol. The molecule has 2 amide bonds. The number of alkyl halides is 2. The van der Waals surface area contributed by atoms with Gasteiger partial charge in [-0.05, 0) is 49.1 Å². The van der Waals surface area contributed by atoms with Crippen LogP contribution in [0.2, 0.25) is 0 Å². The van der Waals surface area contributed by atoms with E-state index in [0.29, 0.717) is 60.3 Å². The average molecular weight is 509 g/mol. The average Bonchev–Trinajstić information content (AvgIpc) is 3.12. The molecule has 2 N–H and O–H groups in total. The topological polar surface area (TPSA) is 85.2 Å². The summed E-state index contributed by atoms with van der Waals surface area (Å²) in [5.41, 5.74) is 2.06. The highest BCUT2D eigenvalue weighted by atomic mass is 32.2. The van der Waals surface area contributed by atoms with Crippen LogP contribution in [0.15, 0.2) is 24.3 Å². The van der Waals surface area contributed by atoms with Crippen LogP contribution in [0, 0.1) is 5.92 Å². The molecule has 2 heterocycles. The minimum Gasteiger partial charge on any atom is -0.487 e. The highest BCUT2D eigenvalue weighted by molar-refractivity contribution is 7.99. The molecule has 0 radical (unpaired) electrons. The van der Waals surface area contributed by atoms with E-state index in [1.807, 2.05) is 12.3 Å². The second-order valence-corrected chi connectivity index (χ2v) is 10.3. The minimum atomic E-state index is -2.90. The van der Waals surface area contributed by atoms with Gasteiger partial charge in [-0.2, -0.15) is 16.9 Å². The van der Waals surface area contributed by atoms with Crippen molar-refractivity contribution in [3.8, 4) is 5.75 Å². The molecular formula is C25H34F2N4O3S. The SMILES string of the molecule is CSCC(=O)Nc1c2c(nn1CCC(C)C)CC(CCc1cccc(OCC(C)(F)F)c1)NC2=O. The number of carbonyl (C=O) groups is 2. The quantitative estimate of drug-likeness (QED) is 0.439. The number of benzene rings is 1. The van der Waals surface area contributed by atoms with E-state index < -0.39 is 12.5 Å². The summed E-state index contributed by atoms with van der Waals surface area (Å²) in [7, 11) is 0. The second kappa shape index (κ2) is 11.9. The normalized spacial score (nSPS) is 15.6. The lowest BCUT2D eigenvalue weighted by Crippen LogP contribution is -2.41. The third kappa shape index (κ3) is 7.95. The number of rotatable bonds is 12. The van der Waals surface area contributed by atoms with Crippen molar-refractivity contribution in [2.75, 3.05) is 23.9 Å². The van der Waals surface area contributed by atoms with Crippen LogP contribution in [0.4, 0.5) is 14.6 Å². The van der Waals surface area contributed by atoms with Crippen molar-refractivity contribution >= 4 is 29.4 Å². The van der Waals surface area contributed by atoms with Gasteiger partial charge in [0.15, 0.2) is 6.61 Å². The Morgan fingerprint density at radius 2 is 2.17 bits per heavy atom. The van der Waals surface area contributed by atoms with E-state index in [1.54, 1.807) is 22.9 Å². The number of aryl methyl sites for hydroxylation is 2. The van der Waals surface area contributed by atoms with E-state index in [0.717, 1.165) is 18.9 Å². The predicted molar refractivity (Wildman–Crippen MR) is 135 cm³/mol. The monoisotopic (exact) mass is 508 g/mol. The van der Waals surface area contributed by atoms with Gasteiger partial charge in [-0.15, -0.1) is 0 Å². The van der Waals surface area contributed by atoms with Gasteiger partial charge in [0.25, 0.3) is 11.8 Å². The Bertz CT molecular complexity index is 1040. The molecule has 0 bridgehead atoms. The zero-order valence-corrected chi connectivity index (χ0v) is 21.5. The Morgan fingerprint density at radius 1 is 1.40 bits per heavy atom. The van der Waals surface area contributed by atoms with Crippen molar-refractivity contribution in [1.29, 1.82) is 0 Å². The highest BCUT2D eigenvalue weighted by Crippen LogP contribution is 2.27. The van der Waals surface area contributed by atoms with Gasteiger partial charge in [0.05, 0.1) is 11.4 Å². The van der Waals surface area contributed by atoms with Crippen molar-refractivity contribution in [1.82, 2.24) is 15.1 Å². The number of nitrogens with one attached hydrogen (secondary N) is 2. The summed E-state index contributed by atoms with van der Waals surface area (Å²) in [5, 5.41) is 10.6. The first-order valence-electron chi connectivity index (χ1n) is 11.8. The van der Waals surface area contributed by atoms with Crippen LogP contribution in [-0.2, 0) is 24.2 Å². The summed E-state index contributed by atoms with van der Waals surface area (Å²) in [6.07, 6.45) is 4.58. The molecule has 3 rings (SSSR count). The predicted octanol–water partition coefficient (Wildman–Crippen LogP) is 4.55. The number of aromatic nitrogens is 2. The van der Waals surface area contributed by atoms with E-state index in [2.05, 4.69) is 24.5 Å². The molecule has 0 spiro atoms. The van der Waals surface area contributed by atoms with Crippen molar-refractivity contribution in [2.24, 2.45) is 5.92 Å². The van der Waals surface area contributed by atoms with Gasteiger partial charge in [-0.1, -0.05) is 26.0 Å². The number of carbonyl (C=O) groups excluding carboxylic acids is 2. The molecule has 0 saturated heterocycles. The molecule has 1 aromatic carbocycles. The molecule has 192 valence electrons. The van der Waals surface area contributed by atoms with E-state index in [1.165, 1.54) is 11.8 Å². The number of anilines is 1. The lowest BCUT2D eigenvalue weighted by atomic mass is 9.96.